The predicted octanol–water partition coefficient (Wildman–Crippen LogP) is 1.85. The van der Waals surface area contributed by atoms with E-state index >= 15 is 0 Å². The highest BCUT2D eigenvalue weighted by atomic mass is 32.2. The summed E-state index contributed by atoms with van der Waals surface area (Å²) >= 11 is 0. The van der Waals surface area contributed by atoms with Gasteiger partial charge >= 0.3 is 6.18 Å². The van der Waals surface area contributed by atoms with E-state index in [2.05, 4.69) is 4.99 Å². The number of sulfonamides is 1. The van der Waals surface area contributed by atoms with Crippen molar-refractivity contribution in [1.29, 1.82) is 0 Å². The lowest BCUT2D eigenvalue weighted by molar-refractivity contribution is -0.249. The SMILES string of the molecule is NS(=O)(=O)c1ccc(N2CC(O)(C(F)(F)F)N=C2c2ccccc2)cc1. The van der Waals surface area contributed by atoms with Crippen molar-refractivity contribution in [3.8, 4) is 0 Å². The van der Waals surface area contributed by atoms with Crippen LogP contribution in [0.4, 0.5) is 18.9 Å². The van der Waals surface area contributed by atoms with Crippen molar-refractivity contribution in [3.05, 3.63) is 60.2 Å². The number of nitrogens with zero attached hydrogens (tertiary/aromatic N) is 2. The van der Waals surface area contributed by atoms with Gasteiger partial charge in [-0.3, -0.25) is 0 Å². The Morgan fingerprint density at radius 1 is 1.08 bits per heavy atom. The van der Waals surface area contributed by atoms with Crippen molar-refractivity contribution in [2.45, 2.75) is 16.8 Å². The van der Waals surface area contributed by atoms with Crippen LogP contribution in [0.3, 0.4) is 0 Å². The summed E-state index contributed by atoms with van der Waals surface area (Å²) in [6.07, 6.45) is -4.97. The topological polar surface area (TPSA) is 96.0 Å². The fourth-order valence-electron chi connectivity index (χ4n) is 2.56. The first-order chi connectivity index (χ1) is 12.0. The molecule has 6 nitrogen and oxygen atoms in total. The number of alkyl halides is 3. The molecule has 1 aliphatic rings. The van der Waals surface area contributed by atoms with Crippen molar-refractivity contribution in [1.82, 2.24) is 0 Å². The Balaban J connectivity index is 2.07. The summed E-state index contributed by atoms with van der Waals surface area (Å²) in [5.41, 5.74) is -2.65. The van der Waals surface area contributed by atoms with Crippen LogP contribution in [0.25, 0.3) is 0 Å². The van der Waals surface area contributed by atoms with Crippen LogP contribution in [0.5, 0.6) is 0 Å². The maximum absolute atomic E-state index is 13.3. The smallest absolute Gasteiger partial charge is 0.361 e. The van der Waals surface area contributed by atoms with Crippen molar-refractivity contribution in [3.63, 3.8) is 0 Å². The van der Waals surface area contributed by atoms with Gasteiger partial charge in [0.25, 0.3) is 5.72 Å². The van der Waals surface area contributed by atoms with Crippen LogP contribution in [0.1, 0.15) is 5.56 Å². The van der Waals surface area contributed by atoms with Crippen molar-refractivity contribution in [2.75, 3.05) is 11.4 Å². The average Bonchev–Trinajstić information content (AvgIpc) is 2.94. The molecule has 1 heterocycles. The highest BCUT2D eigenvalue weighted by molar-refractivity contribution is 7.89. The van der Waals surface area contributed by atoms with Gasteiger partial charge in [-0.25, -0.2) is 18.5 Å². The minimum atomic E-state index is -4.97. The second-order valence-corrected chi connectivity index (χ2v) is 7.30. The molecule has 1 atom stereocenters. The quantitative estimate of drug-likeness (QED) is 0.843. The largest absolute Gasteiger partial charge is 0.440 e. The number of hydrogen-bond donors (Lipinski definition) is 2. The molecule has 3 N–H and O–H groups in total. The number of halogens is 3. The van der Waals surface area contributed by atoms with Crippen LogP contribution in [0.2, 0.25) is 0 Å². The van der Waals surface area contributed by atoms with Crippen molar-refractivity contribution >= 4 is 21.5 Å². The summed E-state index contributed by atoms with van der Waals surface area (Å²) < 4.78 is 62.5. The van der Waals surface area contributed by atoms with Gasteiger partial charge in [-0.15, -0.1) is 0 Å². The number of aliphatic imine (C=N–C) groups is 1. The highest BCUT2D eigenvalue weighted by Crippen LogP contribution is 2.38. The van der Waals surface area contributed by atoms with E-state index in [-0.39, 0.29) is 16.4 Å². The van der Waals surface area contributed by atoms with Crippen molar-refractivity contribution < 1.29 is 26.7 Å². The van der Waals surface area contributed by atoms with Crippen LogP contribution in [0.15, 0.2) is 64.5 Å². The lowest BCUT2D eigenvalue weighted by Gasteiger charge is -2.25. The van der Waals surface area contributed by atoms with E-state index in [4.69, 9.17) is 5.14 Å². The molecule has 1 aliphatic heterocycles. The van der Waals surface area contributed by atoms with E-state index in [1.54, 1.807) is 30.3 Å². The molecule has 0 bridgehead atoms. The number of rotatable bonds is 3. The molecule has 1 unspecified atom stereocenters. The second-order valence-electron chi connectivity index (χ2n) is 5.74. The van der Waals surface area contributed by atoms with Gasteiger partial charge in [0.15, 0.2) is 0 Å². The van der Waals surface area contributed by atoms with E-state index < -0.39 is 28.5 Å². The molecule has 0 saturated carbocycles. The molecular formula is C16H14F3N3O3S. The van der Waals surface area contributed by atoms with Gasteiger partial charge in [0.05, 0.1) is 11.4 Å². The summed E-state index contributed by atoms with van der Waals surface area (Å²) in [6, 6.07) is 13.0. The molecule has 138 valence electrons. The molecule has 0 aliphatic carbocycles. The first kappa shape index (κ1) is 18.4. The molecule has 0 saturated heterocycles. The number of nitrogens with two attached hydrogens (primary N) is 1. The fourth-order valence-corrected chi connectivity index (χ4v) is 3.07. The van der Waals surface area contributed by atoms with E-state index in [0.29, 0.717) is 5.56 Å². The number of amidine groups is 1. The molecule has 0 spiro atoms. The molecule has 0 fully saturated rings. The molecule has 3 rings (SSSR count). The highest BCUT2D eigenvalue weighted by Gasteiger charge is 2.58. The Morgan fingerprint density at radius 3 is 2.15 bits per heavy atom. The second kappa shape index (κ2) is 6.08. The summed E-state index contributed by atoms with van der Waals surface area (Å²) in [7, 11) is -3.93. The van der Waals surface area contributed by atoms with Crippen molar-refractivity contribution in [2.24, 2.45) is 10.1 Å². The van der Waals surface area contributed by atoms with Crippen LogP contribution in [-0.4, -0.2) is 37.8 Å². The van der Waals surface area contributed by atoms with Gasteiger partial charge in [0, 0.05) is 11.3 Å². The molecule has 0 radical (unpaired) electrons. The third-order valence-corrected chi connectivity index (χ3v) is 4.82. The van der Waals surface area contributed by atoms with E-state index in [0.717, 1.165) is 0 Å². The first-order valence-electron chi connectivity index (χ1n) is 7.36. The Morgan fingerprint density at radius 2 is 1.65 bits per heavy atom. The molecule has 0 amide bonds. The zero-order chi connectivity index (χ0) is 19.2. The van der Waals surface area contributed by atoms with Gasteiger partial charge in [0.2, 0.25) is 10.0 Å². The number of β-amino-alcohol motifs (C(OH)–C–C–N with tert-alkyl or cyclic N) is 1. The van der Waals surface area contributed by atoms with Gasteiger partial charge < -0.3 is 10.0 Å². The van der Waals surface area contributed by atoms with Crippen LogP contribution in [0, 0.1) is 0 Å². The molecule has 2 aromatic rings. The lowest BCUT2D eigenvalue weighted by Crippen LogP contribution is -2.47. The minimum Gasteiger partial charge on any atom is -0.361 e. The van der Waals surface area contributed by atoms with Gasteiger partial charge in [-0.05, 0) is 24.3 Å². The van der Waals surface area contributed by atoms with E-state index in [1.807, 2.05) is 0 Å². The maximum atomic E-state index is 13.3. The average molecular weight is 385 g/mol. The first-order valence-corrected chi connectivity index (χ1v) is 8.91. The van der Waals surface area contributed by atoms with Crippen LogP contribution in [-0.2, 0) is 10.0 Å². The zero-order valence-electron chi connectivity index (χ0n) is 13.2. The molecule has 10 heteroatoms. The third kappa shape index (κ3) is 3.30. The predicted molar refractivity (Wildman–Crippen MR) is 89.1 cm³/mol. The van der Waals surface area contributed by atoms with Crippen LogP contribution < -0.4 is 10.0 Å². The zero-order valence-corrected chi connectivity index (χ0v) is 14.0. The van der Waals surface area contributed by atoms with Gasteiger partial charge in [-0.1, -0.05) is 30.3 Å². The van der Waals surface area contributed by atoms with Gasteiger partial charge in [0.1, 0.15) is 5.84 Å². The number of benzene rings is 2. The number of aliphatic hydroxyl groups is 1. The summed E-state index contributed by atoms with van der Waals surface area (Å²) in [5, 5.41) is 15.0. The Kier molecular flexibility index (Phi) is 4.29. The lowest BCUT2D eigenvalue weighted by atomic mass is 10.1. The minimum absolute atomic E-state index is 0.0752. The fraction of sp³-hybridized carbons (Fsp3) is 0.188. The number of anilines is 1. The molecule has 0 aromatic heterocycles. The normalized spacial score (nSPS) is 21.0. The molecule has 2 aromatic carbocycles. The third-order valence-electron chi connectivity index (χ3n) is 3.89. The van der Waals surface area contributed by atoms with E-state index in [1.165, 1.54) is 29.2 Å². The number of primary sulfonamides is 1. The van der Waals surface area contributed by atoms with Gasteiger partial charge in [-0.2, -0.15) is 13.2 Å². The summed E-state index contributed by atoms with van der Waals surface area (Å²) in [5.74, 6) is -0.0752. The molecular weight excluding hydrogens is 371 g/mol. The van der Waals surface area contributed by atoms with Crippen LogP contribution >= 0.6 is 0 Å². The Hall–Kier alpha value is -2.43. The monoisotopic (exact) mass is 385 g/mol. The standard InChI is InChI=1S/C16H14F3N3O3S/c17-16(18,19)15(23)10-22(14(21-15)11-4-2-1-3-5-11)12-6-8-13(9-7-12)26(20,24)25/h1-9,23H,10H2,(H2,20,24,25). The summed E-state index contributed by atoms with van der Waals surface area (Å²) in [6.45, 7) is -0.852. The number of hydrogen-bond acceptors (Lipinski definition) is 5. The Bertz CT molecular complexity index is 944. The molecule has 26 heavy (non-hydrogen) atoms. The summed E-state index contributed by atoms with van der Waals surface area (Å²) in [4.78, 5) is 4.52. The van der Waals surface area contributed by atoms with E-state index in [9.17, 15) is 26.7 Å². The maximum Gasteiger partial charge on any atom is 0.440 e. The Labute approximate surface area is 147 Å².